The van der Waals surface area contributed by atoms with Crippen molar-refractivity contribution in [2.45, 2.75) is 168 Å². The second-order valence-corrected chi connectivity index (χ2v) is 16.4. The van der Waals surface area contributed by atoms with E-state index in [1.807, 2.05) is 0 Å². The first-order valence-electron chi connectivity index (χ1n) is 18.9. The largest absolute Gasteiger partial charge is 0.394 e. The van der Waals surface area contributed by atoms with Gasteiger partial charge in [0.1, 0.15) is 96.9 Å². The van der Waals surface area contributed by atoms with Gasteiger partial charge in [-0.2, -0.15) is 0 Å². The van der Waals surface area contributed by atoms with Crippen molar-refractivity contribution >= 4 is 29.5 Å². The smallest absolute Gasteiger partial charge is 0.243 e. The monoisotopic (exact) mass is 829 g/mol. The molecular formula is C34H59N3O18S. The van der Waals surface area contributed by atoms with Gasteiger partial charge in [0.15, 0.2) is 6.29 Å². The fraction of sp³-hybridized carbons (Fsp3) is 0.912. The van der Waals surface area contributed by atoms with Gasteiger partial charge >= 0.3 is 0 Å². The van der Waals surface area contributed by atoms with Crippen LogP contribution < -0.4 is 16.0 Å². The minimum Gasteiger partial charge on any atom is -0.394 e. The first-order valence-corrected chi connectivity index (χ1v) is 19.9. The van der Waals surface area contributed by atoms with Crippen molar-refractivity contribution in [1.82, 2.24) is 16.0 Å². The number of carbonyl (C=O) groups excluding carboxylic acids is 3. The Morgan fingerprint density at radius 2 is 1.41 bits per heavy atom. The van der Waals surface area contributed by atoms with Gasteiger partial charge in [-0.1, -0.05) is 19.8 Å². The van der Waals surface area contributed by atoms with Crippen LogP contribution in [-0.4, -0.2) is 207 Å². The third-order valence-corrected chi connectivity index (χ3v) is 12.3. The summed E-state index contributed by atoms with van der Waals surface area (Å²) < 4.78 is 17.1. The quantitative estimate of drug-likeness (QED) is 0.0729. The van der Waals surface area contributed by atoms with Gasteiger partial charge in [-0.3, -0.25) is 14.4 Å². The Hall–Kier alpha value is -1.84. The SMILES string of the molecule is CCCC1CC[C@H](C(=O)N[C@@H](C2O[C@H](SC[C@H](NC(C)=O)C(=O)NC3[C@@H](OC4C(O)C(O)C(O)C(O)[C@H]4O)OC(CO)[C@@H](O)[C@@H]3O)C(O)[C@@H](O)[C@H]2O)[C@@H](C)O)C1. The molecule has 324 valence electrons. The average molecular weight is 830 g/mol. The number of nitrogens with one attached hydrogen (secondary N) is 3. The number of rotatable bonds is 15. The van der Waals surface area contributed by atoms with E-state index in [9.17, 15) is 75.7 Å². The highest BCUT2D eigenvalue weighted by Crippen LogP contribution is 2.36. The van der Waals surface area contributed by atoms with Crippen LogP contribution in [0.3, 0.4) is 0 Å². The van der Waals surface area contributed by atoms with E-state index in [0.717, 1.165) is 26.2 Å². The maximum atomic E-state index is 13.7. The Balaban J connectivity index is 1.49. The molecule has 2 saturated carbocycles. The van der Waals surface area contributed by atoms with Crippen LogP contribution in [0.5, 0.6) is 0 Å². The fourth-order valence-corrected chi connectivity index (χ4v) is 8.98. The number of thioether (sulfide) groups is 1. The molecule has 10 unspecified atom stereocenters. The molecule has 0 aromatic carbocycles. The van der Waals surface area contributed by atoms with E-state index in [0.29, 0.717) is 30.5 Å². The molecule has 22 heteroatoms. The molecule has 0 radical (unpaired) electrons. The third-order valence-electron chi connectivity index (χ3n) is 11.1. The molecular weight excluding hydrogens is 770 g/mol. The molecule has 21 atom stereocenters. The van der Waals surface area contributed by atoms with Gasteiger partial charge in [0, 0.05) is 18.6 Å². The predicted octanol–water partition coefficient (Wildman–Crippen LogP) is -6.76. The van der Waals surface area contributed by atoms with Crippen molar-refractivity contribution in [3.63, 3.8) is 0 Å². The van der Waals surface area contributed by atoms with Crippen LogP contribution in [0, 0.1) is 11.8 Å². The maximum Gasteiger partial charge on any atom is 0.243 e. The lowest BCUT2D eigenvalue weighted by molar-refractivity contribution is -0.319. The van der Waals surface area contributed by atoms with Gasteiger partial charge in [-0.25, -0.2) is 0 Å². The minimum atomic E-state index is -2.04. The van der Waals surface area contributed by atoms with Crippen LogP contribution in [0.4, 0.5) is 0 Å². The van der Waals surface area contributed by atoms with Crippen molar-refractivity contribution in [3.05, 3.63) is 0 Å². The summed E-state index contributed by atoms with van der Waals surface area (Å²) >= 11 is 0.704. The normalized spacial score (nSPS) is 43.3. The zero-order chi connectivity index (χ0) is 41.8. The van der Waals surface area contributed by atoms with Gasteiger partial charge < -0.3 is 91.4 Å². The van der Waals surface area contributed by atoms with Crippen molar-refractivity contribution in [3.8, 4) is 0 Å². The highest BCUT2D eigenvalue weighted by Gasteiger charge is 2.54. The predicted molar refractivity (Wildman–Crippen MR) is 191 cm³/mol. The van der Waals surface area contributed by atoms with Gasteiger partial charge in [0.2, 0.25) is 17.7 Å². The Morgan fingerprint density at radius 3 is 1.98 bits per heavy atom. The van der Waals surface area contributed by atoms with E-state index in [2.05, 4.69) is 22.9 Å². The second-order valence-electron chi connectivity index (χ2n) is 15.3. The molecule has 0 aromatic rings. The highest BCUT2D eigenvalue weighted by molar-refractivity contribution is 7.99. The topological polar surface area (TPSA) is 358 Å². The average Bonchev–Trinajstić information content (AvgIpc) is 3.63. The molecule has 0 spiro atoms. The van der Waals surface area contributed by atoms with Crippen LogP contribution in [0.25, 0.3) is 0 Å². The van der Waals surface area contributed by atoms with Crippen molar-refractivity contribution in [2.75, 3.05) is 12.4 Å². The molecule has 2 saturated heterocycles. The Kier molecular flexibility index (Phi) is 17.1. The number of hydrogen-bond acceptors (Lipinski definition) is 19. The van der Waals surface area contributed by atoms with E-state index >= 15 is 0 Å². The standard InChI is InChI=1S/C34H59N3O18S/c1-4-5-13-6-7-14(8-13)31(51)36-17(11(2)39)29-25(47)24(46)28(50)34(55-29)56-10-15(35-12(3)40)32(52)37-18-20(42)19(41)16(9-38)53-33(18)54-30-26(48)22(44)21(43)23(45)27(30)49/h11,13-30,33-34,38-39,41-50H,4-10H2,1-3H3,(H,35,40)(H,36,51)(H,37,52)/t11-,13?,14+,15+,16?,17-,18?,19-,20-,21?,22?,23?,24+,25-,26-,27?,28?,29?,30?,33-,34-/m1/s1. The summed E-state index contributed by atoms with van der Waals surface area (Å²) in [5.41, 5.74) is -1.41. The fourth-order valence-electron chi connectivity index (χ4n) is 7.80. The molecule has 2 aliphatic heterocycles. The van der Waals surface area contributed by atoms with Gasteiger partial charge in [-0.05, 0) is 32.1 Å². The third kappa shape index (κ3) is 10.7. The molecule has 4 aliphatic rings. The molecule has 0 aromatic heterocycles. The van der Waals surface area contributed by atoms with Gasteiger partial charge in [-0.15, -0.1) is 11.8 Å². The molecule has 56 heavy (non-hydrogen) atoms. The van der Waals surface area contributed by atoms with Crippen molar-refractivity contribution in [1.29, 1.82) is 0 Å². The van der Waals surface area contributed by atoms with E-state index < -0.39 is 139 Å². The highest BCUT2D eigenvalue weighted by atomic mass is 32.2. The minimum absolute atomic E-state index is 0.330. The first-order chi connectivity index (χ1) is 26.3. The number of hydrogen-bond donors (Lipinski definition) is 15. The lowest BCUT2D eigenvalue weighted by Gasteiger charge is -2.47. The lowest BCUT2D eigenvalue weighted by Crippen LogP contribution is -2.70. The summed E-state index contributed by atoms with van der Waals surface area (Å²) in [6.07, 6.45) is -23.2. The van der Waals surface area contributed by atoms with Crippen LogP contribution in [-0.2, 0) is 28.6 Å². The zero-order valence-electron chi connectivity index (χ0n) is 31.3. The van der Waals surface area contributed by atoms with Crippen LogP contribution in [0.2, 0.25) is 0 Å². The van der Waals surface area contributed by atoms with Crippen LogP contribution in [0.15, 0.2) is 0 Å². The number of ether oxygens (including phenoxy) is 3. The van der Waals surface area contributed by atoms with E-state index in [-0.39, 0.29) is 11.8 Å². The molecule has 15 N–H and O–H groups in total. The van der Waals surface area contributed by atoms with E-state index in [1.165, 1.54) is 6.92 Å². The summed E-state index contributed by atoms with van der Waals surface area (Å²) in [5, 5.41) is 133. The van der Waals surface area contributed by atoms with E-state index in [1.54, 1.807) is 0 Å². The van der Waals surface area contributed by atoms with E-state index in [4.69, 9.17) is 14.2 Å². The van der Waals surface area contributed by atoms with Gasteiger partial charge in [0.05, 0.1) is 18.8 Å². The van der Waals surface area contributed by atoms with Crippen LogP contribution in [0.1, 0.15) is 52.9 Å². The molecule has 21 nitrogen and oxygen atoms in total. The summed E-state index contributed by atoms with van der Waals surface area (Å²) in [6.45, 7) is 3.61. The summed E-state index contributed by atoms with van der Waals surface area (Å²) in [7, 11) is 0. The van der Waals surface area contributed by atoms with Gasteiger partial charge in [0.25, 0.3) is 0 Å². The molecule has 4 rings (SSSR count). The summed E-state index contributed by atoms with van der Waals surface area (Å²) in [4.78, 5) is 39.2. The second kappa shape index (κ2) is 20.4. The summed E-state index contributed by atoms with van der Waals surface area (Å²) in [6, 6.07) is -4.52. The molecule has 4 fully saturated rings. The molecule has 2 heterocycles. The zero-order valence-corrected chi connectivity index (χ0v) is 32.1. The number of carbonyl (C=O) groups is 3. The lowest BCUT2D eigenvalue weighted by atomic mass is 9.84. The Morgan fingerprint density at radius 1 is 0.804 bits per heavy atom. The van der Waals surface area contributed by atoms with Crippen LogP contribution >= 0.6 is 11.8 Å². The number of aliphatic hydroxyl groups is 12. The Bertz CT molecular complexity index is 1290. The Labute approximate surface area is 327 Å². The first kappa shape index (κ1) is 46.8. The van der Waals surface area contributed by atoms with Crippen molar-refractivity contribution in [2.24, 2.45) is 11.8 Å². The number of amides is 3. The van der Waals surface area contributed by atoms with Crippen molar-refractivity contribution < 1.29 is 89.9 Å². The maximum absolute atomic E-state index is 13.7. The molecule has 2 aliphatic carbocycles. The molecule has 3 amide bonds. The molecule has 0 bridgehead atoms. The number of aliphatic hydroxyl groups excluding tert-OH is 12. The summed E-state index contributed by atoms with van der Waals surface area (Å²) in [5.74, 6) is -2.50.